The van der Waals surface area contributed by atoms with Crippen molar-refractivity contribution >= 4 is 5.97 Å². The van der Waals surface area contributed by atoms with Gasteiger partial charge in [-0.1, -0.05) is 6.92 Å². The molecular formula is C11H13FO3. The van der Waals surface area contributed by atoms with E-state index < -0.39 is 11.8 Å². The Labute approximate surface area is 87.8 Å². The summed E-state index contributed by atoms with van der Waals surface area (Å²) in [5.74, 6) is -0.896. The average molecular weight is 212 g/mol. The summed E-state index contributed by atoms with van der Waals surface area (Å²) in [6.07, 6.45) is 0.780. The second-order valence-electron chi connectivity index (χ2n) is 2.99. The molecule has 0 fully saturated rings. The van der Waals surface area contributed by atoms with Crippen molar-refractivity contribution in [2.75, 3.05) is 13.7 Å². The first-order valence-corrected chi connectivity index (χ1v) is 4.69. The van der Waals surface area contributed by atoms with Crippen molar-refractivity contribution in [3.8, 4) is 5.75 Å². The lowest BCUT2D eigenvalue weighted by Crippen LogP contribution is -2.03. The Balaban J connectivity index is 2.89. The first-order chi connectivity index (χ1) is 7.19. The van der Waals surface area contributed by atoms with Crippen LogP contribution in [-0.2, 0) is 4.74 Å². The van der Waals surface area contributed by atoms with Crippen molar-refractivity contribution in [3.63, 3.8) is 0 Å². The predicted octanol–water partition coefficient (Wildman–Crippen LogP) is 2.40. The molecule has 0 aliphatic rings. The predicted molar refractivity (Wildman–Crippen MR) is 53.5 cm³/mol. The number of carbonyl (C=O) groups excluding carboxylic acids is 1. The van der Waals surface area contributed by atoms with Gasteiger partial charge in [0.2, 0.25) is 0 Å². The summed E-state index contributed by atoms with van der Waals surface area (Å²) in [6, 6.07) is 3.90. The van der Waals surface area contributed by atoms with Crippen molar-refractivity contribution in [1.82, 2.24) is 0 Å². The van der Waals surface area contributed by atoms with E-state index in [2.05, 4.69) is 4.74 Å². The van der Waals surface area contributed by atoms with Gasteiger partial charge in [0, 0.05) is 0 Å². The van der Waals surface area contributed by atoms with Gasteiger partial charge in [-0.2, -0.15) is 0 Å². The van der Waals surface area contributed by atoms with E-state index >= 15 is 0 Å². The summed E-state index contributed by atoms with van der Waals surface area (Å²) in [5.41, 5.74) is 0.282. The maximum absolute atomic E-state index is 13.2. The smallest absolute Gasteiger partial charge is 0.337 e. The van der Waals surface area contributed by atoms with E-state index in [1.165, 1.54) is 25.3 Å². The van der Waals surface area contributed by atoms with Gasteiger partial charge in [-0.15, -0.1) is 0 Å². The van der Waals surface area contributed by atoms with Crippen LogP contribution in [0.25, 0.3) is 0 Å². The SMILES string of the molecule is CCCOc1cc(C(=O)OC)ccc1F. The molecule has 0 radical (unpaired) electrons. The molecule has 0 aromatic heterocycles. The van der Waals surface area contributed by atoms with Crippen LogP contribution in [-0.4, -0.2) is 19.7 Å². The molecule has 1 rings (SSSR count). The molecule has 0 atom stereocenters. The van der Waals surface area contributed by atoms with Crippen molar-refractivity contribution < 1.29 is 18.7 Å². The van der Waals surface area contributed by atoms with Gasteiger partial charge in [-0.05, 0) is 24.6 Å². The lowest BCUT2D eigenvalue weighted by Gasteiger charge is -2.07. The maximum Gasteiger partial charge on any atom is 0.337 e. The number of hydrogen-bond acceptors (Lipinski definition) is 3. The number of rotatable bonds is 4. The third-order valence-corrected chi connectivity index (χ3v) is 1.81. The van der Waals surface area contributed by atoms with Gasteiger partial charge in [0.15, 0.2) is 11.6 Å². The van der Waals surface area contributed by atoms with Crippen LogP contribution >= 0.6 is 0 Å². The molecule has 1 aromatic rings. The van der Waals surface area contributed by atoms with Crippen LogP contribution < -0.4 is 4.74 Å². The van der Waals surface area contributed by atoms with Crippen LogP contribution in [0.15, 0.2) is 18.2 Å². The quantitative estimate of drug-likeness (QED) is 0.719. The Morgan fingerprint density at radius 2 is 2.20 bits per heavy atom. The molecule has 0 aliphatic carbocycles. The van der Waals surface area contributed by atoms with Gasteiger partial charge in [0.05, 0.1) is 19.3 Å². The first kappa shape index (κ1) is 11.5. The number of halogens is 1. The lowest BCUT2D eigenvalue weighted by molar-refractivity contribution is 0.0600. The maximum atomic E-state index is 13.2. The zero-order chi connectivity index (χ0) is 11.3. The van der Waals surface area contributed by atoms with E-state index in [4.69, 9.17) is 4.74 Å². The van der Waals surface area contributed by atoms with Crippen LogP contribution in [0.5, 0.6) is 5.75 Å². The minimum Gasteiger partial charge on any atom is -0.491 e. The van der Waals surface area contributed by atoms with Gasteiger partial charge in [0.25, 0.3) is 0 Å². The number of benzene rings is 1. The number of methoxy groups -OCH3 is 1. The second-order valence-corrected chi connectivity index (χ2v) is 2.99. The van der Waals surface area contributed by atoms with Gasteiger partial charge < -0.3 is 9.47 Å². The number of carbonyl (C=O) groups is 1. The molecule has 0 heterocycles. The highest BCUT2D eigenvalue weighted by molar-refractivity contribution is 5.89. The van der Waals surface area contributed by atoms with Crippen LogP contribution in [0.2, 0.25) is 0 Å². The van der Waals surface area contributed by atoms with Gasteiger partial charge in [-0.25, -0.2) is 9.18 Å². The highest BCUT2D eigenvalue weighted by atomic mass is 19.1. The third-order valence-electron chi connectivity index (χ3n) is 1.81. The summed E-state index contributed by atoms with van der Waals surface area (Å²) >= 11 is 0. The molecule has 4 heteroatoms. The lowest BCUT2D eigenvalue weighted by atomic mass is 10.2. The molecule has 0 saturated heterocycles. The summed E-state index contributed by atoms with van der Waals surface area (Å²) < 4.78 is 22.8. The van der Waals surface area contributed by atoms with Crippen molar-refractivity contribution in [2.24, 2.45) is 0 Å². The first-order valence-electron chi connectivity index (χ1n) is 4.69. The van der Waals surface area contributed by atoms with Crippen LogP contribution in [0, 0.1) is 5.82 Å². The zero-order valence-electron chi connectivity index (χ0n) is 8.75. The minimum atomic E-state index is -0.503. The molecule has 0 amide bonds. The zero-order valence-corrected chi connectivity index (χ0v) is 8.75. The summed E-state index contributed by atoms with van der Waals surface area (Å²) in [4.78, 5) is 11.2. The Kier molecular flexibility index (Phi) is 4.09. The molecule has 0 unspecified atom stereocenters. The fourth-order valence-corrected chi connectivity index (χ4v) is 1.07. The van der Waals surface area contributed by atoms with E-state index in [-0.39, 0.29) is 11.3 Å². The number of hydrogen-bond donors (Lipinski definition) is 0. The Morgan fingerprint density at radius 3 is 2.80 bits per heavy atom. The van der Waals surface area contributed by atoms with Crippen molar-refractivity contribution in [1.29, 1.82) is 0 Å². The Hall–Kier alpha value is -1.58. The van der Waals surface area contributed by atoms with E-state index in [0.29, 0.717) is 6.61 Å². The summed E-state index contributed by atoms with van der Waals surface area (Å²) in [7, 11) is 1.28. The fraction of sp³-hybridized carbons (Fsp3) is 0.364. The van der Waals surface area contributed by atoms with Crippen LogP contribution in [0.1, 0.15) is 23.7 Å². The fourth-order valence-electron chi connectivity index (χ4n) is 1.07. The van der Waals surface area contributed by atoms with Crippen LogP contribution in [0.4, 0.5) is 4.39 Å². The molecular weight excluding hydrogens is 199 g/mol. The Bertz CT molecular complexity index is 350. The van der Waals surface area contributed by atoms with Gasteiger partial charge in [0.1, 0.15) is 0 Å². The van der Waals surface area contributed by atoms with Gasteiger partial charge >= 0.3 is 5.97 Å². The van der Waals surface area contributed by atoms with E-state index in [1.807, 2.05) is 6.92 Å². The largest absolute Gasteiger partial charge is 0.491 e. The number of esters is 1. The van der Waals surface area contributed by atoms with E-state index in [1.54, 1.807) is 0 Å². The van der Waals surface area contributed by atoms with E-state index in [9.17, 15) is 9.18 Å². The number of ether oxygens (including phenoxy) is 2. The van der Waals surface area contributed by atoms with Crippen LogP contribution in [0.3, 0.4) is 0 Å². The monoisotopic (exact) mass is 212 g/mol. The van der Waals surface area contributed by atoms with Crippen molar-refractivity contribution in [2.45, 2.75) is 13.3 Å². The summed E-state index contributed by atoms with van der Waals surface area (Å²) in [5, 5.41) is 0. The Morgan fingerprint density at radius 1 is 1.47 bits per heavy atom. The van der Waals surface area contributed by atoms with Crippen molar-refractivity contribution in [3.05, 3.63) is 29.6 Å². The second kappa shape index (κ2) is 5.34. The molecule has 0 aliphatic heterocycles. The molecule has 0 spiro atoms. The topological polar surface area (TPSA) is 35.5 Å². The summed E-state index contributed by atoms with van der Waals surface area (Å²) in [6.45, 7) is 2.34. The molecule has 0 bridgehead atoms. The molecule has 0 N–H and O–H groups in total. The normalized spacial score (nSPS) is 9.80. The molecule has 3 nitrogen and oxygen atoms in total. The average Bonchev–Trinajstić information content (AvgIpc) is 2.27. The third kappa shape index (κ3) is 2.94. The molecule has 1 aromatic carbocycles. The van der Waals surface area contributed by atoms with E-state index in [0.717, 1.165) is 6.42 Å². The molecule has 82 valence electrons. The highest BCUT2D eigenvalue weighted by Crippen LogP contribution is 2.19. The molecule has 0 saturated carbocycles. The van der Waals surface area contributed by atoms with Gasteiger partial charge in [-0.3, -0.25) is 0 Å². The minimum absolute atomic E-state index is 0.0831. The highest BCUT2D eigenvalue weighted by Gasteiger charge is 2.10. The standard InChI is InChI=1S/C11H13FO3/c1-3-6-15-10-7-8(11(13)14-2)4-5-9(10)12/h4-5,7H,3,6H2,1-2H3. The molecule has 15 heavy (non-hydrogen) atoms.